The highest BCUT2D eigenvalue weighted by Crippen LogP contribution is 2.38. The second-order valence-electron chi connectivity index (χ2n) is 6.98. The molecule has 0 bridgehead atoms. The number of hydrogen-bond acceptors (Lipinski definition) is 2. The van der Waals surface area contributed by atoms with Crippen molar-refractivity contribution in [3.63, 3.8) is 0 Å². The first-order valence-electron chi connectivity index (χ1n) is 8.65. The van der Waals surface area contributed by atoms with Crippen LogP contribution in [0.5, 0.6) is 0 Å². The summed E-state index contributed by atoms with van der Waals surface area (Å²) < 4.78 is 0. The summed E-state index contributed by atoms with van der Waals surface area (Å²) in [4.78, 5) is 0. The molecule has 0 aromatic heterocycles. The molecule has 0 saturated heterocycles. The molecule has 2 heteroatoms. The van der Waals surface area contributed by atoms with Crippen LogP contribution in [0.1, 0.15) is 71.1 Å². The molecule has 0 aromatic carbocycles. The lowest BCUT2D eigenvalue weighted by Crippen LogP contribution is -2.44. The highest BCUT2D eigenvalue weighted by molar-refractivity contribution is 4.87. The van der Waals surface area contributed by atoms with Gasteiger partial charge in [0.1, 0.15) is 0 Å². The summed E-state index contributed by atoms with van der Waals surface area (Å²) in [6, 6.07) is 0.762. The molecule has 2 aliphatic carbocycles. The van der Waals surface area contributed by atoms with Crippen LogP contribution in [0.4, 0.5) is 0 Å². The molecule has 0 aliphatic heterocycles. The highest BCUT2D eigenvalue weighted by atomic mass is 16.3. The van der Waals surface area contributed by atoms with Gasteiger partial charge in [0.15, 0.2) is 0 Å². The fourth-order valence-electron chi connectivity index (χ4n) is 4.21. The van der Waals surface area contributed by atoms with Crippen molar-refractivity contribution in [3.8, 4) is 0 Å². The molecule has 0 amide bonds. The number of rotatable bonds is 6. The van der Waals surface area contributed by atoms with Gasteiger partial charge in [-0.3, -0.25) is 0 Å². The Morgan fingerprint density at radius 1 is 1.00 bits per heavy atom. The number of nitrogens with one attached hydrogen (secondary N) is 1. The highest BCUT2D eigenvalue weighted by Gasteiger charge is 2.32. The van der Waals surface area contributed by atoms with Crippen LogP contribution in [-0.2, 0) is 0 Å². The maximum Gasteiger partial charge on any atom is 0.0434 e. The van der Waals surface area contributed by atoms with Gasteiger partial charge in [0, 0.05) is 12.6 Å². The van der Waals surface area contributed by atoms with E-state index in [1.807, 2.05) is 0 Å². The Morgan fingerprint density at radius 2 is 1.68 bits per heavy atom. The number of hydrogen-bond donors (Lipinski definition) is 2. The van der Waals surface area contributed by atoms with Gasteiger partial charge in [0.05, 0.1) is 0 Å². The van der Waals surface area contributed by atoms with Crippen molar-refractivity contribution in [1.82, 2.24) is 5.32 Å². The second-order valence-corrected chi connectivity index (χ2v) is 6.98. The minimum Gasteiger partial charge on any atom is -0.396 e. The van der Waals surface area contributed by atoms with Gasteiger partial charge in [-0.1, -0.05) is 51.9 Å². The summed E-state index contributed by atoms with van der Waals surface area (Å²) in [5.41, 5.74) is 0. The van der Waals surface area contributed by atoms with E-state index in [1.165, 1.54) is 57.8 Å². The van der Waals surface area contributed by atoms with Crippen LogP contribution in [0.25, 0.3) is 0 Å². The molecule has 2 rings (SSSR count). The smallest absolute Gasteiger partial charge is 0.0434 e. The molecule has 3 unspecified atom stereocenters. The van der Waals surface area contributed by atoms with Crippen molar-refractivity contribution in [2.24, 2.45) is 17.8 Å². The summed E-state index contributed by atoms with van der Waals surface area (Å²) >= 11 is 0. The molecule has 0 aromatic rings. The summed E-state index contributed by atoms with van der Waals surface area (Å²) in [5.74, 6) is 2.55. The van der Waals surface area contributed by atoms with Crippen LogP contribution in [0.3, 0.4) is 0 Å². The van der Waals surface area contributed by atoms with Crippen LogP contribution in [0, 0.1) is 17.8 Å². The van der Waals surface area contributed by atoms with Gasteiger partial charge >= 0.3 is 0 Å². The summed E-state index contributed by atoms with van der Waals surface area (Å²) in [7, 11) is 0. The normalized spacial score (nSPS) is 31.3. The largest absolute Gasteiger partial charge is 0.396 e. The first-order chi connectivity index (χ1) is 9.31. The molecule has 2 N–H and O–H groups in total. The molecular weight excluding hydrogens is 234 g/mol. The van der Waals surface area contributed by atoms with Crippen molar-refractivity contribution >= 4 is 0 Å². The van der Waals surface area contributed by atoms with E-state index in [0.29, 0.717) is 12.5 Å². The maximum atomic E-state index is 9.00. The molecule has 2 fully saturated rings. The average Bonchev–Trinajstić information content (AvgIpc) is 2.47. The van der Waals surface area contributed by atoms with Gasteiger partial charge in [-0.05, 0) is 43.6 Å². The maximum absolute atomic E-state index is 9.00. The van der Waals surface area contributed by atoms with Gasteiger partial charge in [-0.2, -0.15) is 0 Å². The lowest BCUT2D eigenvalue weighted by molar-refractivity contribution is 0.145. The van der Waals surface area contributed by atoms with E-state index in [9.17, 15) is 0 Å². The molecule has 2 nitrogen and oxygen atoms in total. The number of aliphatic hydroxyl groups is 1. The van der Waals surface area contributed by atoms with Crippen molar-refractivity contribution in [1.29, 1.82) is 0 Å². The molecule has 0 spiro atoms. The third kappa shape index (κ3) is 4.75. The Hall–Kier alpha value is -0.0800. The van der Waals surface area contributed by atoms with Crippen LogP contribution >= 0.6 is 0 Å². The first-order valence-corrected chi connectivity index (χ1v) is 8.65. The van der Waals surface area contributed by atoms with Crippen molar-refractivity contribution in [3.05, 3.63) is 0 Å². The Labute approximate surface area is 119 Å². The Morgan fingerprint density at radius 3 is 2.42 bits per heavy atom. The fraction of sp³-hybridized carbons (Fsp3) is 1.00. The van der Waals surface area contributed by atoms with E-state index >= 15 is 0 Å². The minimum absolute atomic E-state index is 0.333. The summed E-state index contributed by atoms with van der Waals surface area (Å²) in [6.07, 6.45) is 14.0. The Balaban J connectivity index is 1.81. The van der Waals surface area contributed by atoms with Gasteiger partial charge in [-0.15, -0.1) is 0 Å². The topological polar surface area (TPSA) is 32.3 Å². The second kappa shape index (κ2) is 8.26. The Kier molecular flexibility index (Phi) is 6.66. The molecular formula is C17H33NO. The number of aliphatic hydroxyl groups excluding tert-OH is 1. The molecule has 0 radical (unpaired) electrons. The van der Waals surface area contributed by atoms with E-state index in [2.05, 4.69) is 12.2 Å². The molecule has 0 heterocycles. The van der Waals surface area contributed by atoms with Crippen LogP contribution in [0.2, 0.25) is 0 Å². The van der Waals surface area contributed by atoms with Crippen molar-refractivity contribution in [2.45, 2.75) is 77.2 Å². The van der Waals surface area contributed by atoms with E-state index in [4.69, 9.17) is 5.11 Å². The van der Waals surface area contributed by atoms with E-state index in [1.54, 1.807) is 0 Å². The van der Waals surface area contributed by atoms with E-state index in [0.717, 1.165) is 30.8 Å². The molecule has 2 aliphatic rings. The zero-order chi connectivity index (χ0) is 13.5. The van der Waals surface area contributed by atoms with Gasteiger partial charge in [-0.25, -0.2) is 0 Å². The third-order valence-corrected chi connectivity index (χ3v) is 5.43. The van der Waals surface area contributed by atoms with E-state index in [-0.39, 0.29) is 0 Å². The average molecular weight is 267 g/mol. The van der Waals surface area contributed by atoms with Crippen LogP contribution in [-0.4, -0.2) is 24.3 Å². The predicted molar refractivity (Wildman–Crippen MR) is 81.2 cm³/mol. The molecule has 3 atom stereocenters. The standard InChI is InChI=1S/C17H33NO/c1-14(11-12-19)13-18-17-10-6-5-9-16(17)15-7-3-2-4-8-15/h14-19H,2-13H2,1H3. The zero-order valence-electron chi connectivity index (χ0n) is 12.7. The van der Waals surface area contributed by atoms with Gasteiger partial charge in [0.2, 0.25) is 0 Å². The van der Waals surface area contributed by atoms with Crippen LogP contribution in [0.15, 0.2) is 0 Å². The summed E-state index contributed by atoms with van der Waals surface area (Å²) in [5, 5.41) is 12.8. The predicted octanol–water partition coefficient (Wildman–Crippen LogP) is 3.73. The molecule has 19 heavy (non-hydrogen) atoms. The summed E-state index contributed by atoms with van der Waals surface area (Å²) in [6.45, 7) is 3.68. The van der Waals surface area contributed by atoms with Crippen molar-refractivity contribution < 1.29 is 5.11 Å². The quantitative estimate of drug-likeness (QED) is 0.768. The lowest BCUT2D eigenvalue weighted by atomic mass is 9.71. The monoisotopic (exact) mass is 267 g/mol. The van der Waals surface area contributed by atoms with Gasteiger partial charge < -0.3 is 10.4 Å². The minimum atomic E-state index is 0.333. The first kappa shape index (κ1) is 15.3. The van der Waals surface area contributed by atoms with Crippen molar-refractivity contribution in [2.75, 3.05) is 13.2 Å². The molecule has 112 valence electrons. The Bertz CT molecular complexity index is 237. The lowest BCUT2D eigenvalue weighted by Gasteiger charge is -2.40. The third-order valence-electron chi connectivity index (χ3n) is 5.43. The zero-order valence-corrected chi connectivity index (χ0v) is 12.7. The van der Waals surface area contributed by atoms with Gasteiger partial charge in [0.25, 0.3) is 0 Å². The fourth-order valence-corrected chi connectivity index (χ4v) is 4.21. The van der Waals surface area contributed by atoms with Crippen LogP contribution < -0.4 is 5.32 Å². The van der Waals surface area contributed by atoms with E-state index < -0.39 is 0 Å². The SMILES string of the molecule is CC(CCO)CNC1CCCCC1C1CCCCC1. The molecule has 2 saturated carbocycles.